The third-order valence-electron chi connectivity index (χ3n) is 2.73. The van der Waals surface area contributed by atoms with Gasteiger partial charge in [0.15, 0.2) is 0 Å². The Labute approximate surface area is 93.6 Å². The average molecular weight is 229 g/mol. The van der Waals surface area contributed by atoms with E-state index in [0.29, 0.717) is 5.92 Å². The second-order valence-electron chi connectivity index (χ2n) is 4.14. The molecule has 1 aromatic rings. The van der Waals surface area contributed by atoms with Crippen LogP contribution in [0.4, 0.5) is 10.1 Å². The highest BCUT2D eigenvalue weighted by atomic mass is 35.5. The summed E-state index contributed by atoms with van der Waals surface area (Å²) in [6.45, 7) is 2.78. The van der Waals surface area contributed by atoms with Gasteiger partial charge in [0.2, 0.25) is 0 Å². The van der Waals surface area contributed by atoms with E-state index in [0.717, 1.165) is 24.2 Å². The second kappa shape index (κ2) is 3.99. The molecular weight excluding hydrogens is 215 g/mol. The van der Waals surface area contributed by atoms with Crippen molar-refractivity contribution in [1.82, 2.24) is 0 Å². The van der Waals surface area contributed by atoms with Crippen LogP contribution >= 0.6 is 11.6 Å². The zero-order chi connectivity index (χ0) is 11.0. The molecule has 1 unspecified atom stereocenters. The maximum absolute atomic E-state index is 13.3. The lowest BCUT2D eigenvalue weighted by molar-refractivity contribution is 0.577. The number of anilines is 1. The number of nitrogens with one attached hydrogen (secondary N) is 1. The van der Waals surface area contributed by atoms with E-state index in [1.165, 1.54) is 6.07 Å². The van der Waals surface area contributed by atoms with Crippen LogP contribution in [-0.4, -0.2) is 12.6 Å². The van der Waals surface area contributed by atoms with Crippen LogP contribution in [0, 0.1) is 5.82 Å². The summed E-state index contributed by atoms with van der Waals surface area (Å²) in [6.07, 6.45) is 0.862. The number of fused-ring (bicyclic) bond motifs is 1. The summed E-state index contributed by atoms with van der Waals surface area (Å²) >= 11 is 5.71. The van der Waals surface area contributed by atoms with Gasteiger partial charge in [-0.3, -0.25) is 0 Å². The molecule has 0 bridgehead atoms. The van der Waals surface area contributed by atoms with Crippen LogP contribution in [0.1, 0.15) is 24.8 Å². The lowest BCUT2D eigenvalue weighted by atomic mass is 9.95. The average Bonchev–Trinajstić information content (AvgIpc) is 2.49. The fourth-order valence-electron chi connectivity index (χ4n) is 2.06. The number of hydrogen-bond acceptors (Lipinski definition) is 2. The normalized spacial score (nSPS) is 20.9. The van der Waals surface area contributed by atoms with Crippen molar-refractivity contribution in [3.05, 3.63) is 28.5 Å². The first kappa shape index (κ1) is 10.7. The summed E-state index contributed by atoms with van der Waals surface area (Å²) in [7, 11) is 0. The number of rotatable bonds is 2. The van der Waals surface area contributed by atoms with Gasteiger partial charge in [-0.2, -0.15) is 0 Å². The largest absolute Gasteiger partial charge is 0.384 e. The molecule has 2 rings (SSSR count). The zero-order valence-electron chi connectivity index (χ0n) is 8.56. The molecule has 0 aliphatic carbocycles. The molecule has 0 amide bonds. The molecule has 1 aliphatic heterocycles. The number of benzene rings is 1. The molecule has 0 saturated carbocycles. The molecule has 1 heterocycles. The van der Waals surface area contributed by atoms with Crippen molar-refractivity contribution < 1.29 is 4.39 Å². The van der Waals surface area contributed by atoms with Crippen LogP contribution in [0.25, 0.3) is 0 Å². The van der Waals surface area contributed by atoms with Crippen molar-refractivity contribution in [2.24, 2.45) is 5.73 Å². The van der Waals surface area contributed by atoms with Crippen LogP contribution in [0.15, 0.2) is 12.1 Å². The van der Waals surface area contributed by atoms with Crippen molar-refractivity contribution >= 4 is 17.3 Å². The van der Waals surface area contributed by atoms with Crippen molar-refractivity contribution in [2.75, 3.05) is 11.9 Å². The van der Waals surface area contributed by atoms with Gasteiger partial charge in [-0.25, -0.2) is 4.39 Å². The van der Waals surface area contributed by atoms with E-state index in [4.69, 9.17) is 17.3 Å². The van der Waals surface area contributed by atoms with Crippen molar-refractivity contribution in [1.29, 1.82) is 0 Å². The molecule has 3 N–H and O–H groups in total. The van der Waals surface area contributed by atoms with E-state index < -0.39 is 0 Å². The van der Waals surface area contributed by atoms with Crippen molar-refractivity contribution in [3.63, 3.8) is 0 Å². The highest BCUT2D eigenvalue weighted by Crippen LogP contribution is 2.36. The first-order valence-electron chi connectivity index (χ1n) is 5.06. The van der Waals surface area contributed by atoms with E-state index in [-0.39, 0.29) is 16.9 Å². The molecular formula is C11H14ClFN2. The minimum absolute atomic E-state index is 0.126. The predicted octanol–water partition coefficient (Wildman–Crippen LogP) is 2.73. The summed E-state index contributed by atoms with van der Waals surface area (Å²) in [6, 6.07) is 3.29. The maximum atomic E-state index is 13.3. The summed E-state index contributed by atoms with van der Waals surface area (Å²) in [5.74, 6) is -0.0550. The molecule has 2 atom stereocenters. The lowest BCUT2D eigenvalue weighted by Gasteiger charge is -2.12. The van der Waals surface area contributed by atoms with Crippen molar-refractivity contribution in [2.45, 2.75) is 25.3 Å². The quantitative estimate of drug-likeness (QED) is 0.817. The molecule has 0 spiro atoms. The lowest BCUT2D eigenvalue weighted by Crippen LogP contribution is -2.19. The Morgan fingerprint density at radius 1 is 1.67 bits per heavy atom. The molecule has 4 heteroatoms. The van der Waals surface area contributed by atoms with Crippen LogP contribution < -0.4 is 11.1 Å². The first-order chi connectivity index (χ1) is 7.08. The third-order valence-corrected chi connectivity index (χ3v) is 3.02. The molecule has 1 aromatic carbocycles. The van der Waals surface area contributed by atoms with E-state index in [1.807, 2.05) is 6.92 Å². The highest BCUT2D eigenvalue weighted by Gasteiger charge is 2.24. The number of nitrogens with two attached hydrogens (primary N) is 1. The Bertz CT molecular complexity index is 379. The minimum Gasteiger partial charge on any atom is -0.384 e. The molecule has 2 nitrogen and oxygen atoms in total. The van der Waals surface area contributed by atoms with Gasteiger partial charge < -0.3 is 11.1 Å². The minimum atomic E-state index is -0.353. The SMILES string of the molecule is C[C@H](N)CC1CNc2cc(Cl)c(F)cc21. The Morgan fingerprint density at radius 3 is 3.07 bits per heavy atom. The van der Waals surface area contributed by atoms with Gasteiger partial charge >= 0.3 is 0 Å². The molecule has 0 fully saturated rings. The zero-order valence-corrected chi connectivity index (χ0v) is 9.31. The van der Waals surface area contributed by atoms with E-state index in [2.05, 4.69) is 5.32 Å². The van der Waals surface area contributed by atoms with E-state index >= 15 is 0 Å². The Kier molecular flexibility index (Phi) is 2.85. The monoisotopic (exact) mass is 228 g/mol. The van der Waals surface area contributed by atoms with Crippen LogP contribution in [0.3, 0.4) is 0 Å². The summed E-state index contributed by atoms with van der Waals surface area (Å²) in [5, 5.41) is 3.39. The Morgan fingerprint density at radius 2 is 2.40 bits per heavy atom. The molecule has 0 aromatic heterocycles. The van der Waals surface area contributed by atoms with E-state index in [9.17, 15) is 4.39 Å². The van der Waals surface area contributed by atoms with Gasteiger partial charge in [0.1, 0.15) is 5.82 Å². The first-order valence-corrected chi connectivity index (χ1v) is 5.44. The fraction of sp³-hybridized carbons (Fsp3) is 0.455. The molecule has 0 radical (unpaired) electrons. The van der Waals surface area contributed by atoms with E-state index in [1.54, 1.807) is 6.07 Å². The predicted molar refractivity (Wildman–Crippen MR) is 60.9 cm³/mol. The van der Waals surface area contributed by atoms with Crippen molar-refractivity contribution in [3.8, 4) is 0 Å². The standard InChI is InChI=1S/C11H14ClFN2/c1-6(14)2-7-5-15-11-4-9(12)10(13)3-8(7)11/h3-4,6-7,15H,2,5,14H2,1H3/t6-,7?/m0/s1. The number of halogens is 2. The third kappa shape index (κ3) is 2.08. The summed E-state index contributed by atoms with van der Waals surface area (Å²) in [5.41, 5.74) is 7.68. The number of hydrogen-bond donors (Lipinski definition) is 2. The van der Waals surface area contributed by atoms with Gasteiger partial charge in [0.05, 0.1) is 5.02 Å². The Hall–Kier alpha value is -0.800. The fourth-order valence-corrected chi connectivity index (χ4v) is 2.22. The maximum Gasteiger partial charge on any atom is 0.142 e. The smallest absolute Gasteiger partial charge is 0.142 e. The van der Waals surface area contributed by atoms with Crippen LogP contribution in [0.5, 0.6) is 0 Å². The van der Waals surface area contributed by atoms with Gasteiger partial charge in [-0.05, 0) is 31.0 Å². The Balaban J connectivity index is 2.30. The van der Waals surface area contributed by atoms with Gasteiger partial charge in [0.25, 0.3) is 0 Å². The molecule has 0 saturated heterocycles. The molecule has 82 valence electrons. The van der Waals surface area contributed by atoms with Crippen LogP contribution in [0.2, 0.25) is 5.02 Å². The van der Waals surface area contributed by atoms with Gasteiger partial charge in [-0.15, -0.1) is 0 Å². The molecule has 1 aliphatic rings. The topological polar surface area (TPSA) is 38.0 Å². The van der Waals surface area contributed by atoms with Gasteiger partial charge in [-0.1, -0.05) is 11.6 Å². The van der Waals surface area contributed by atoms with Gasteiger partial charge in [0, 0.05) is 24.2 Å². The second-order valence-corrected chi connectivity index (χ2v) is 4.55. The summed E-state index contributed by atoms with van der Waals surface area (Å²) < 4.78 is 13.3. The highest BCUT2D eigenvalue weighted by molar-refractivity contribution is 6.31. The molecule has 15 heavy (non-hydrogen) atoms. The van der Waals surface area contributed by atoms with Crippen LogP contribution in [-0.2, 0) is 0 Å². The summed E-state index contributed by atoms with van der Waals surface area (Å²) in [4.78, 5) is 0.